The van der Waals surface area contributed by atoms with Crippen molar-refractivity contribution in [1.82, 2.24) is 14.8 Å². The van der Waals surface area contributed by atoms with Crippen LogP contribution in [0.5, 0.6) is 0 Å². The van der Waals surface area contributed by atoms with Crippen molar-refractivity contribution in [3.63, 3.8) is 0 Å². The molecule has 0 saturated heterocycles. The van der Waals surface area contributed by atoms with Crippen molar-refractivity contribution in [3.8, 4) is 5.82 Å². The van der Waals surface area contributed by atoms with Crippen LogP contribution < -0.4 is 0 Å². The largest absolute Gasteiger partial charge is 0.433 e. The van der Waals surface area contributed by atoms with Gasteiger partial charge in [0.25, 0.3) is 0 Å². The minimum atomic E-state index is -4.46. The second-order valence-corrected chi connectivity index (χ2v) is 3.81. The second kappa shape index (κ2) is 4.48. The number of pyridine rings is 1. The van der Waals surface area contributed by atoms with E-state index in [-0.39, 0.29) is 16.7 Å². The summed E-state index contributed by atoms with van der Waals surface area (Å²) in [5, 5.41) is 3.82. The van der Waals surface area contributed by atoms with Crippen LogP contribution in [0.15, 0.2) is 30.6 Å². The molecule has 0 saturated carbocycles. The van der Waals surface area contributed by atoms with E-state index in [0.29, 0.717) is 0 Å². The molecular formula is C10H7BrF3N3. The fourth-order valence-electron chi connectivity index (χ4n) is 1.43. The van der Waals surface area contributed by atoms with Crippen LogP contribution in [0.25, 0.3) is 5.82 Å². The lowest BCUT2D eigenvalue weighted by Gasteiger charge is -2.11. The molecule has 2 rings (SSSR count). The standard InChI is InChI=1S/C10H7BrF3N3/c11-5-7-6-16-17(9(7)10(12,13)14)8-3-1-2-4-15-8/h1-4,6H,5H2. The molecule has 7 heteroatoms. The van der Waals surface area contributed by atoms with E-state index in [1.807, 2.05) is 0 Å². The molecule has 2 heterocycles. The molecule has 0 amide bonds. The van der Waals surface area contributed by atoms with E-state index in [1.54, 1.807) is 12.1 Å². The summed E-state index contributed by atoms with van der Waals surface area (Å²) in [5.41, 5.74) is -0.712. The minimum absolute atomic E-state index is 0.0863. The topological polar surface area (TPSA) is 30.7 Å². The molecule has 0 aromatic carbocycles. The molecule has 0 unspecified atom stereocenters. The molecular weight excluding hydrogens is 299 g/mol. The van der Waals surface area contributed by atoms with E-state index in [4.69, 9.17) is 0 Å². The molecule has 2 aromatic rings. The highest BCUT2D eigenvalue weighted by molar-refractivity contribution is 9.08. The molecule has 2 aromatic heterocycles. The Morgan fingerprint density at radius 1 is 1.29 bits per heavy atom. The number of halogens is 4. The Bertz CT molecular complexity index is 507. The zero-order chi connectivity index (χ0) is 12.5. The van der Waals surface area contributed by atoms with Gasteiger partial charge in [0.05, 0.1) is 6.20 Å². The van der Waals surface area contributed by atoms with Gasteiger partial charge in [-0.15, -0.1) is 0 Å². The summed E-state index contributed by atoms with van der Waals surface area (Å²) in [4.78, 5) is 3.86. The van der Waals surface area contributed by atoms with Gasteiger partial charge in [0.15, 0.2) is 11.5 Å². The number of alkyl halides is 4. The maximum Gasteiger partial charge on any atom is 0.433 e. The fourth-order valence-corrected chi connectivity index (χ4v) is 1.85. The van der Waals surface area contributed by atoms with Gasteiger partial charge in [-0.3, -0.25) is 0 Å². The third-order valence-electron chi connectivity index (χ3n) is 2.12. The van der Waals surface area contributed by atoms with Crippen molar-refractivity contribution in [2.45, 2.75) is 11.5 Å². The zero-order valence-corrected chi connectivity index (χ0v) is 10.0. The third kappa shape index (κ3) is 2.33. The molecule has 0 atom stereocenters. The van der Waals surface area contributed by atoms with Crippen LogP contribution in [0.1, 0.15) is 11.3 Å². The Morgan fingerprint density at radius 2 is 2.06 bits per heavy atom. The Hall–Kier alpha value is -1.37. The molecule has 0 aliphatic rings. The van der Waals surface area contributed by atoms with Crippen LogP contribution >= 0.6 is 15.9 Å². The van der Waals surface area contributed by atoms with E-state index >= 15 is 0 Å². The average Bonchev–Trinajstić information content (AvgIpc) is 2.73. The van der Waals surface area contributed by atoms with Crippen molar-refractivity contribution in [2.24, 2.45) is 0 Å². The van der Waals surface area contributed by atoms with Crippen LogP contribution in [0.2, 0.25) is 0 Å². The lowest BCUT2D eigenvalue weighted by atomic mass is 10.2. The van der Waals surface area contributed by atoms with E-state index in [2.05, 4.69) is 26.0 Å². The van der Waals surface area contributed by atoms with Crippen molar-refractivity contribution < 1.29 is 13.2 Å². The second-order valence-electron chi connectivity index (χ2n) is 3.25. The summed E-state index contributed by atoms with van der Waals surface area (Å²) in [6, 6.07) is 4.71. The average molecular weight is 306 g/mol. The first kappa shape index (κ1) is 12.1. The third-order valence-corrected chi connectivity index (χ3v) is 2.73. The number of aromatic nitrogens is 3. The quantitative estimate of drug-likeness (QED) is 0.798. The maximum absolute atomic E-state index is 12.9. The highest BCUT2D eigenvalue weighted by Gasteiger charge is 2.38. The van der Waals surface area contributed by atoms with Crippen molar-refractivity contribution in [2.75, 3.05) is 0 Å². The summed E-state index contributed by atoms with van der Waals surface area (Å²) in [7, 11) is 0. The van der Waals surface area contributed by atoms with Crippen LogP contribution in [0.4, 0.5) is 13.2 Å². The summed E-state index contributed by atoms with van der Waals surface area (Å²) in [5.74, 6) is 0.145. The molecule has 17 heavy (non-hydrogen) atoms. The van der Waals surface area contributed by atoms with E-state index in [1.165, 1.54) is 18.5 Å². The normalized spacial score (nSPS) is 11.8. The molecule has 0 aliphatic carbocycles. The first-order valence-electron chi connectivity index (χ1n) is 4.65. The Balaban J connectivity index is 2.60. The van der Waals surface area contributed by atoms with Gasteiger partial charge in [-0.05, 0) is 12.1 Å². The Kier molecular flexibility index (Phi) is 3.19. The zero-order valence-electron chi connectivity index (χ0n) is 8.45. The lowest BCUT2D eigenvalue weighted by Crippen LogP contribution is -2.15. The van der Waals surface area contributed by atoms with Gasteiger partial charge in [-0.25, -0.2) is 9.67 Å². The monoisotopic (exact) mass is 305 g/mol. The van der Waals surface area contributed by atoms with Gasteiger partial charge in [0.1, 0.15) is 0 Å². The molecule has 90 valence electrons. The van der Waals surface area contributed by atoms with Crippen LogP contribution in [-0.2, 0) is 11.5 Å². The SMILES string of the molecule is FC(F)(F)c1c(CBr)cnn1-c1ccccn1. The summed E-state index contributed by atoms with van der Waals surface area (Å²) < 4.78 is 39.5. The minimum Gasteiger partial charge on any atom is -0.237 e. The van der Waals surface area contributed by atoms with Gasteiger partial charge >= 0.3 is 6.18 Å². The van der Waals surface area contributed by atoms with Gasteiger partial charge < -0.3 is 0 Å². The van der Waals surface area contributed by atoms with Crippen molar-refractivity contribution in [3.05, 3.63) is 41.9 Å². The van der Waals surface area contributed by atoms with E-state index in [0.717, 1.165) is 4.68 Å². The predicted molar refractivity (Wildman–Crippen MR) is 59.0 cm³/mol. The highest BCUT2D eigenvalue weighted by Crippen LogP contribution is 2.33. The Morgan fingerprint density at radius 3 is 2.59 bits per heavy atom. The number of nitrogens with zero attached hydrogens (tertiary/aromatic N) is 3. The van der Waals surface area contributed by atoms with Gasteiger partial charge in [-0.2, -0.15) is 18.3 Å². The van der Waals surface area contributed by atoms with Gasteiger partial charge in [-0.1, -0.05) is 22.0 Å². The fraction of sp³-hybridized carbons (Fsp3) is 0.200. The predicted octanol–water partition coefficient (Wildman–Crippen LogP) is 3.18. The van der Waals surface area contributed by atoms with Crippen LogP contribution in [0.3, 0.4) is 0 Å². The van der Waals surface area contributed by atoms with Crippen LogP contribution in [-0.4, -0.2) is 14.8 Å². The number of hydrogen-bond acceptors (Lipinski definition) is 2. The smallest absolute Gasteiger partial charge is 0.237 e. The molecule has 0 bridgehead atoms. The van der Waals surface area contributed by atoms with E-state index < -0.39 is 11.9 Å². The summed E-state index contributed by atoms with van der Waals surface area (Å²) in [6.07, 6.45) is -1.85. The molecule has 0 fully saturated rings. The van der Waals surface area contributed by atoms with Gasteiger partial charge in [0, 0.05) is 17.1 Å². The Labute approximate surface area is 103 Å². The lowest BCUT2D eigenvalue weighted by molar-refractivity contribution is -0.143. The summed E-state index contributed by atoms with van der Waals surface area (Å²) in [6.45, 7) is 0. The molecule has 0 aliphatic heterocycles. The first-order chi connectivity index (χ1) is 8.04. The van der Waals surface area contributed by atoms with E-state index in [9.17, 15) is 13.2 Å². The maximum atomic E-state index is 12.9. The van der Waals surface area contributed by atoms with Crippen molar-refractivity contribution in [1.29, 1.82) is 0 Å². The van der Waals surface area contributed by atoms with Crippen LogP contribution in [0, 0.1) is 0 Å². The number of hydrogen-bond donors (Lipinski definition) is 0. The van der Waals surface area contributed by atoms with Crippen molar-refractivity contribution >= 4 is 15.9 Å². The molecule has 3 nitrogen and oxygen atoms in total. The summed E-state index contributed by atoms with van der Waals surface area (Å²) >= 11 is 3.01. The molecule has 0 N–H and O–H groups in total. The van der Waals surface area contributed by atoms with Gasteiger partial charge in [0.2, 0.25) is 0 Å². The highest BCUT2D eigenvalue weighted by atomic mass is 79.9. The number of rotatable bonds is 2. The first-order valence-corrected chi connectivity index (χ1v) is 5.77. The molecule has 0 spiro atoms. The molecule has 0 radical (unpaired) electrons.